The van der Waals surface area contributed by atoms with Gasteiger partial charge in [-0.25, -0.2) is 4.79 Å². The number of hydrogen-bond acceptors (Lipinski definition) is 3. The molecule has 104 valence electrons. The Morgan fingerprint density at radius 3 is 1.25 bits per heavy atom. The van der Waals surface area contributed by atoms with Gasteiger partial charge in [0.15, 0.2) is 0 Å². The maximum atomic E-state index is 11.8. The van der Waals surface area contributed by atoms with Gasteiger partial charge in [0.1, 0.15) is 11.5 Å². The number of rotatable bonds is 2. The van der Waals surface area contributed by atoms with Crippen LogP contribution in [0.4, 0.5) is 4.79 Å². The fourth-order valence-electron chi connectivity index (χ4n) is 2.20. The van der Waals surface area contributed by atoms with E-state index in [0.717, 1.165) is 22.3 Å². The molecule has 3 heteroatoms. The normalized spacial score (nSPS) is 10.2. The maximum absolute atomic E-state index is 11.8. The molecule has 0 amide bonds. The van der Waals surface area contributed by atoms with E-state index in [1.54, 1.807) is 24.3 Å². The van der Waals surface area contributed by atoms with Crippen LogP contribution in [0.25, 0.3) is 0 Å². The second kappa shape index (κ2) is 5.78. The second-order valence-electron chi connectivity index (χ2n) is 5.10. The van der Waals surface area contributed by atoms with Gasteiger partial charge in [-0.3, -0.25) is 0 Å². The highest BCUT2D eigenvalue weighted by atomic mass is 16.7. The molecule has 0 aliphatic heterocycles. The monoisotopic (exact) mass is 270 g/mol. The lowest BCUT2D eigenvalue weighted by atomic mass is 10.1. The first-order valence-electron chi connectivity index (χ1n) is 6.48. The highest BCUT2D eigenvalue weighted by Crippen LogP contribution is 2.19. The van der Waals surface area contributed by atoms with Crippen molar-refractivity contribution in [2.24, 2.45) is 0 Å². The van der Waals surface area contributed by atoms with Gasteiger partial charge in [0.25, 0.3) is 0 Å². The summed E-state index contributed by atoms with van der Waals surface area (Å²) in [4.78, 5) is 11.8. The van der Waals surface area contributed by atoms with Gasteiger partial charge in [-0.05, 0) is 74.2 Å². The molecule has 0 fully saturated rings. The Morgan fingerprint density at radius 1 is 0.650 bits per heavy atom. The number of aryl methyl sites for hydroxylation is 4. The van der Waals surface area contributed by atoms with Gasteiger partial charge in [0.2, 0.25) is 0 Å². The van der Waals surface area contributed by atoms with E-state index in [1.165, 1.54) is 0 Å². The maximum Gasteiger partial charge on any atom is 0.519 e. The Labute approximate surface area is 119 Å². The van der Waals surface area contributed by atoms with E-state index < -0.39 is 6.16 Å². The van der Waals surface area contributed by atoms with Crippen molar-refractivity contribution in [3.8, 4) is 11.5 Å². The molecule has 0 N–H and O–H groups in total. The average molecular weight is 270 g/mol. The van der Waals surface area contributed by atoms with Crippen LogP contribution in [0.3, 0.4) is 0 Å². The molecule has 0 heterocycles. The third-order valence-corrected chi connectivity index (χ3v) is 2.79. The zero-order chi connectivity index (χ0) is 14.7. The van der Waals surface area contributed by atoms with Crippen molar-refractivity contribution >= 4 is 6.16 Å². The lowest BCUT2D eigenvalue weighted by Gasteiger charge is -2.08. The minimum atomic E-state index is -0.722. The molecule has 0 aliphatic carbocycles. The Hall–Kier alpha value is -2.29. The summed E-state index contributed by atoms with van der Waals surface area (Å²) in [5, 5.41) is 0. The third kappa shape index (κ3) is 3.85. The molecule has 0 saturated heterocycles. The van der Waals surface area contributed by atoms with Crippen LogP contribution in [0, 0.1) is 27.7 Å². The largest absolute Gasteiger partial charge is 0.519 e. The minimum Gasteiger partial charge on any atom is -0.395 e. The molecule has 0 atom stereocenters. The molecule has 3 nitrogen and oxygen atoms in total. The summed E-state index contributed by atoms with van der Waals surface area (Å²) < 4.78 is 10.4. The van der Waals surface area contributed by atoms with Gasteiger partial charge >= 0.3 is 6.16 Å². The lowest BCUT2D eigenvalue weighted by molar-refractivity contribution is 0.152. The SMILES string of the molecule is Cc1cc(C)cc(OC(=O)Oc2cc(C)cc(C)c2)c1. The van der Waals surface area contributed by atoms with Crippen molar-refractivity contribution in [2.45, 2.75) is 27.7 Å². The summed E-state index contributed by atoms with van der Waals surface area (Å²) in [6, 6.07) is 11.2. The Bertz CT molecular complexity index is 549. The smallest absolute Gasteiger partial charge is 0.395 e. The molecule has 0 radical (unpaired) electrons. The molecule has 2 aromatic rings. The highest BCUT2D eigenvalue weighted by Gasteiger charge is 2.09. The van der Waals surface area contributed by atoms with Crippen LogP contribution in [-0.4, -0.2) is 6.16 Å². The second-order valence-corrected chi connectivity index (χ2v) is 5.10. The fraction of sp³-hybridized carbons (Fsp3) is 0.235. The van der Waals surface area contributed by atoms with Gasteiger partial charge in [0, 0.05) is 0 Å². The Morgan fingerprint density at radius 2 is 0.950 bits per heavy atom. The van der Waals surface area contributed by atoms with Crippen LogP contribution in [0.2, 0.25) is 0 Å². The van der Waals surface area contributed by atoms with Gasteiger partial charge in [-0.1, -0.05) is 12.1 Å². The van der Waals surface area contributed by atoms with Gasteiger partial charge in [0.05, 0.1) is 0 Å². The van der Waals surface area contributed by atoms with E-state index in [9.17, 15) is 4.79 Å². The first-order chi connectivity index (χ1) is 9.42. The third-order valence-electron chi connectivity index (χ3n) is 2.79. The lowest BCUT2D eigenvalue weighted by Crippen LogP contribution is -2.14. The summed E-state index contributed by atoms with van der Waals surface area (Å²) >= 11 is 0. The minimum absolute atomic E-state index is 0.497. The van der Waals surface area contributed by atoms with Gasteiger partial charge in [-0.2, -0.15) is 0 Å². The standard InChI is InChI=1S/C17H18O3/c1-11-5-12(2)8-15(7-11)19-17(18)20-16-9-13(3)6-14(4)10-16/h5-10H,1-4H3. The van der Waals surface area contributed by atoms with Crippen molar-refractivity contribution in [1.29, 1.82) is 0 Å². The molecular formula is C17H18O3. The molecule has 0 saturated carbocycles. The van der Waals surface area contributed by atoms with Crippen molar-refractivity contribution in [3.05, 3.63) is 58.7 Å². The van der Waals surface area contributed by atoms with Crippen molar-refractivity contribution in [1.82, 2.24) is 0 Å². The van der Waals surface area contributed by atoms with Gasteiger partial charge in [-0.15, -0.1) is 0 Å². The Balaban J connectivity index is 2.08. The molecular weight excluding hydrogens is 252 g/mol. The number of benzene rings is 2. The summed E-state index contributed by atoms with van der Waals surface area (Å²) in [6.07, 6.45) is -0.722. The van der Waals surface area contributed by atoms with Crippen LogP contribution in [0.1, 0.15) is 22.3 Å². The zero-order valence-corrected chi connectivity index (χ0v) is 12.2. The quantitative estimate of drug-likeness (QED) is 0.595. The van der Waals surface area contributed by atoms with Crippen molar-refractivity contribution in [2.75, 3.05) is 0 Å². The zero-order valence-electron chi connectivity index (χ0n) is 12.2. The van der Waals surface area contributed by atoms with Crippen LogP contribution < -0.4 is 9.47 Å². The average Bonchev–Trinajstić information content (AvgIpc) is 2.24. The van der Waals surface area contributed by atoms with Gasteiger partial charge < -0.3 is 9.47 Å². The van der Waals surface area contributed by atoms with Crippen LogP contribution >= 0.6 is 0 Å². The predicted molar refractivity (Wildman–Crippen MR) is 78.5 cm³/mol. The van der Waals surface area contributed by atoms with Crippen molar-refractivity contribution < 1.29 is 14.3 Å². The number of hydrogen-bond donors (Lipinski definition) is 0. The fourth-order valence-corrected chi connectivity index (χ4v) is 2.20. The van der Waals surface area contributed by atoms with E-state index >= 15 is 0 Å². The molecule has 0 aliphatic rings. The topological polar surface area (TPSA) is 35.5 Å². The van der Waals surface area contributed by atoms with E-state index in [0.29, 0.717) is 11.5 Å². The summed E-state index contributed by atoms with van der Waals surface area (Å²) in [6.45, 7) is 7.81. The molecule has 20 heavy (non-hydrogen) atoms. The number of carbonyl (C=O) groups is 1. The van der Waals surface area contributed by atoms with Crippen LogP contribution in [-0.2, 0) is 0 Å². The highest BCUT2D eigenvalue weighted by molar-refractivity contribution is 5.67. The van der Waals surface area contributed by atoms with E-state index in [-0.39, 0.29) is 0 Å². The molecule has 2 rings (SSSR count). The number of carbonyl (C=O) groups excluding carboxylic acids is 1. The number of ether oxygens (including phenoxy) is 2. The summed E-state index contributed by atoms with van der Waals surface area (Å²) in [7, 11) is 0. The molecule has 0 aromatic heterocycles. The first-order valence-corrected chi connectivity index (χ1v) is 6.48. The van der Waals surface area contributed by atoms with Crippen molar-refractivity contribution in [3.63, 3.8) is 0 Å². The summed E-state index contributed by atoms with van der Waals surface area (Å²) in [5.41, 5.74) is 4.16. The molecule has 0 bridgehead atoms. The van der Waals surface area contributed by atoms with E-state index in [1.807, 2.05) is 39.8 Å². The molecule has 0 unspecified atom stereocenters. The predicted octanol–water partition coefficient (Wildman–Crippen LogP) is 4.50. The van der Waals surface area contributed by atoms with Crippen LogP contribution in [0.15, 0.2) is 36.4 Å². The summed E-state index contributed by atoms with van der Waals surface area (Å²) in [5.74, 6) is 0.994. The Kier molecular flexibility index (Phi) is 4.08. The van der Waals surface area contributed by atoms with Crippen LogP contribution in [0.5, 0.6) is 11.5 Å². The first kappa shape index (κ1) is 14.1. The molecule has 2 aromatic carbocycles. The van der Waals surface area contributed by atoms with E-state index in [4.69, 9.17) is 9.47 Å². The van der Waals surface area contributed by atoms with E-state index in [2.05, 4.69) is 0 Å². The molecule has 0 spiro atoms.